The summed E-state index contributed by atoms with van der Waals surface area (Å²) in [6, 6.07) is 8.86. The maximum atomic E-state index is 14.0. The van der Waals surface area contributed by atoms with Crippen LogP contribution in [0.2, 0.25) is 0 Å². The van der Waals surface area contributed by atoms with Gasteiger partial charge in [-0.15, -0.1) is 0 Å². The van der Waals surface area contributed by atoms with Gasteiger partial charge in [-0.2, -0.15) is 0 Å². The average Bonchev–Trinajstić information content (AvgIpc) is 2.52. The fourth-order valence-corrected chi connectivity index (χ4v) is 2.37. The topological polar surface area (TPSA) is 28.2 Å². The van der Waals surface area contributed by atoms with Crippen LogP contribution in [0.4, 0.5) is 10.1 Å². The van der Waals surface area contributed by atoms with E-state index < -0.39 is 0 Å². The number of rotatable bonds is 6. The number of benzene rings is 1. The van der Waals surface area contributed by atoms with Crippen LogP contribution in [-0.2, 0) is 6.54 Å². The normalized spacial score (nSPS) is 12.2. The van der Waals surface area contributed by atoms with Crippen LogP contribution in [0.5, 0.6) is 0 Å². The predicted molar refractivity (Wildman–Crippen MR) is 84.8 cm³/mol. The fourth-order valence-electron chi connectivity index (χ4n) is 2.37. The van der Waals surface area contributed by atoms with Crippen LogP contribution in [0.15, 0.2) is 42.7 Å². The lowest BCUT2D eigenvalue weighted by molar-refractivity contribution is 0.584. The number of aromatic nitrogens is 1. The molecule has 0 saturated carbocycles. The van der Waals surface area contributed by atoms with Gasteiger partial charge < -0.3 is 10.2 Å². The van der Waals surface area contributed by atoms with Crippen molar-refractivity contribution in [2.24, 2.45) is 0 Å². The summed E-state index contributed by atoms with van der Waals surface area (Å²) in [4.78, 5) is 6.28. The monoisotopic (exact) mass is 287 g/mol. The summed E-state index contributed by atoms with van der Waals surface area (Å²) in [5.74, 6) is -0.172. The number of nitrogens with one attached hydrogen (secondary N) is 1. The quantitative estimate of drug-likeness (QED) is 0.881. The van der Waals surface area contributed by atoms with E-state index in [0.717, 1.165) is 24.3 Å². The third-order valence-electron chi connectivity index (χ3n) is 3.77. The van der Waals surface area contributed by atoms with Gasteiger partial charge in [-0.05, 0) is 31.2 Å². The number of halogens is 1. The van der Waals surface area contributed by atoms with Crippen molar-refractivity contribution in [3.05, 3.63) is 59.7 Å². The Morgan fingerprint density at radius 1 is 1.29 bits per heavy atom. The molecule has 4 heteroatoms. The van der Waals surface area contributed by atoms with Crippen molar-refractivity contribution in [3.63, 3.8) is 0 Å². The smallest absolute Gasteiger partial charge is 0.128 e. The molecule has 0 saturated heterocycles. The Bertz CT molecular complexity index is 586. The third-order valence-corrected chi connectivity index (χ3v) is 3.77. The molecule has 1 N–H and O–H groups in total. The first-order valence-electron chi connectivity index (χ1n) is 7.26. The summed E-state index contributed by atoms with van der Waals surface area (Å²) in [7, 11) is 1.98. The minimum atomic E-state index is -0.172. The lowest BCUT2D eigenvalue weighted by Crippen LogP contribution is -2.25. The second-order valence-corrected chi connectivity index (χ2v) is 5.09. The number of anilines is 1. The van der Waals surface area contributed by atoms with Crippen LogP contribution in [0.25, 0.3) is 0 Å². The van der Waals surface area contributed by atoms with Crippen molar-refractivity contribution in [1.82, 2.24) is 10.3 Å². The van der Waals surface area contributed by atoms with Crippen molar-refractivity contribution in [2.45, 2.75) is 26.4 Å². The highest BCUT2D eigenvalue weighted by molar-refractivity contribution is 5.53. The summed E-state index contributed by atoms with van der Waals surface area (Å²) in [5, 5.41) is 3.32. The van der Waals surface area contributed by atoms with Crippen LogP contribution < -0.4 is 10.2 Å². The molecule has 112 valence electrons. The van der Waals surface area contributed by atoms with Crippen molar-refractivity contribution < 1.29 is 4.39 Å². The van der Waals surface area contributed by atoms with Crippen molar-refractivity contribution in [1.29, 1.82) is 0 Å². The molecule has 0 fully saturated rings. The molecule has 0 aliphatic heterocycles. The highest BCUT2D eigenvalue weighted by atomic mass is 19.1. The van der Waals surface area contributed by atoms with Crippen molar-refractivity contribution in [3.8, 4) is 0 Å². The SMILES string of the molecule is CCNCc1ccncc1N(C)C(C)c1ccccc1F. The zero-order chi connectivity index (χ0) is 15.2. The van der Waals surface area contributed by atoms with E-state index in [1.165, 1.54) is 6.07 Å². The van der Waals surface area contributed by atoms with Crippen LogP contribution >= 0.6 is 0 Å². The molecule has 1 atom stereocenters. The van der Waals surface area contributed by atoms with E-state index in [0.29, 0.717) is 5.56 Å². The largest absolute Gasteiger partial charge is 0.366 e. The number of nitrogens with zero attached hydrogens (tertiary/aromatic N) is 2. The predicted octanol–water partition coefficient (Wildman–Crippen LogP) is 3.53. The van der Waals surface area contributed by atoms with E-state index in [1.54, 1.807) is 12.3 Å². The fraction of sp³-hybridized carbons (Fsp3) is 0.353. The van der Waals surface area contributed by atoms with Gasteiger partial charge in [0.1, 0.15) is 5.82 Å². The highest BCUT2D eigenvalue weighted by Gasteiger charge is 2.17. The Kier molecular flexibility index (Phi) is 5.28. The number of hydrogen-bond donors (Lipinski definition) is 1. The maximum absolute atomic E-state index is 14.0. The Hall–Kier alpha value is -1.94. The van der Waals surface area contributed by atoms with Crippen LogP contribution in [-0.4, -0.2) is 18.6 Å². The molecule has 0 aliphatic carbocycles. The Morgan fingerprint density at radius 3 is 2.76 bits per heavy atom. The lowest BCUT2D eigenvalue weighted by atomic mass is 10.1. The summed E-state index contributed by atoms with van der Waals surface area (Å²) < 4.78 is 14.0. The average molecular weight is 287 g/mol. The van der Waals surface area contributed by atoms with E-state index in [2.05, 4.69) is 22.1 Å². The van der Waals surface area contributed by atoms with Gasteiger partial charge in [0.25, 0.3) is 0 Å². The first-order valence-corrected chi connectivity index (χ1v) is 7.26. The van der Waals surface area contributed by atoms with Crippen LogP contribution in [0, 0.1) is 5.82 Å². The van der Waals surface area contributed by atoms with Gasteiger partial charge in [-0.1, -0.05) is 25.1 Å². The van der Waals surface area contributed by atoms with Gasteiger partial charge in [0.15, 0.2) is 0 Å². The molecule has 0 spiro atoms. The summed E-state index contributed by atoms with van der Waals surface area (Å²) in [5.41, 5.74) is 2.88. The van der Waals surface area contributed by atoms with Gasteiger partial charge in [-0.3, -0.25) is 4.98 Å². The minimum absolute atomic E-state index is 0.0595. The molecule has 2 aromatic rings. The number of pyridine rings is 1. The van der Waals surface area contributed by atoms with Crippen molar-refractivity contribution >= 4 is 5.69 Å². The standard InChI is InChI=1S/C17H22FN3/c1-4-19-11-14-9-10-20-12-17(14)21(3)13(2)15-7-5-6-8-16(15)18/h5-10,12-13,19H,4,11H2,1-3H3. The maximum Gasteiger partial charge on any atom is 0.128 e. The third kappa shape index (κ3) is 3.58. The van der Waals surface area contributed by atoms with E-state index in [4.69, 9.17) is 0 Å². The molecular formula is C17H22FN3. The molecule has 1 unspecified atom stereocenters. The van der Waals surface area contributed by atoms with E-state index in [-0.39, 0.29) is 11.9 Å². The minimum Gasteiger partial charge on any atom is -0.366 e. The van der Waals surface area contributed by atoms with Gasteiger partial charge in [0, 0.05) is 25.4 Å². The highest BCUT2D eigenvalue weighted by Crippen LogP contribution is 2.28. The van der Waals surface area contributed by atoms with Gasteiger partial charge in [0.2, 0.25) is 0 Å². The molecular weight excluding hydrogens is 265 g/mol. The second kappa shape index (κ2) is 7.18. The van der Waals surface area contributed by atoms with Crippen LogP contribution in [0.3, 0.4) is 0 Å². The molecule has 1 aromatic heterocycles. The molecule has 0 bridgehead atoms. The Morgan fingerprint density at radius 2 is 2.05 bits per heavy atom. The van der Waals surface area contributed by atoms with Gasteiger partial charge >= 0.3 is 0 Å². The molecule has 3 nitrogen and oxygen atoms in total. The Labute approximate surface area is 125 Å². The lowest BCUT2D eigenvalue weighted by Gasteiger charge is -2.29. The number of hydrogen-bond acceptors (Lipinski definition) is 3. The second-order valence-electron chi connectivity index (χ2n) is 5.09. The van der Waals surface area contributed by atoms with E-state index in [9.17, 15) is 4.39 Å². The van der Waals surface area contributed by atoms with E-state index in [1.807, 2.05) is 38.4 Å². The zero-order valence-electron chi connectivity index (χ0n) is 12.8. The molecule has 1 heterocycles. The molecule has 21 heavy (non-hydrogen) atoms. The van der Waals surface area contributed by atoms with Crippen LogP contribution in [0.1, 0.15) is 31.0 Å². The summed E-state index contributed by atoms with van der Waals surface area (Å²) in [6.45, 7) is 5.77. The molecule has 0 radical (unpaired) electrons. The van der Waals surface area contributed by atoms with Gasteiger partial charge in [-0.25, -0.2) is 4.39 Å². The molecule has 2 rings (SSSR count). The first kappa shape index (κ1) is 15.4. The summed E-state index contributed by atoms with van der Waals surface area (Å²) >= 11 is 0. The zero-order valence-corrected chi connectivity index (χ0v) is 12.8. The molecule has 1 aromatic carbocycles. The molecule has 0 aliphatic rings. The Balaban J connectivity index is 2.27. The van der Waals surface area contributed by atoms with Crippen molar-refractivity contribution in [2.75, 3.05) is 18.5 Å². The van der Waals surface area contributed by atoms with Gasteiger partial charge in [0.05, 0.1) is 17.9 Å². The molecule has 0 amide bonds. The summed E-state index contributed by atoms with van der Waals surface area (Å²) in [6.07, 6.45) is 3.63. The van der Waals surface area contributed by atoms with E-state index >= 15 is 0 Å². The first-order chi connectivity index (χ1) is 10.1.